The first-order valence-corrected chi connectivity index (χ1v) is 12.7. The number of aryl methyl sites for hydroxylation is 2. The highest BCUT2D eigenvalue weighted by atomic mass is 16.5. The number of aliphatic hydroxyl groups excluding tert-OH is 2. The summed E-state index contributed by atoms with van der Waals surface area (Å²) in [5.74, 6) is 2.67. The van der Waals surface area contributed by atoms with Crippen LogP contribution in [0.1, 0.15) is 55.3 Å². The summed E-state index contributed by atoms with van der Waals surface area (Å²) in [6.07, 6.45) is 4.80. The van der Waals surface area contributed by atoms with E-state index in [1.54, 1.807) is 7.11 Å². The number of hydrogen-bond donors (Lipinski definition) is 3. The monoisotopic (exact) mass is 496 g/mol. The second-order valence-corrected chi connectivity index (χ2v) is 9.26. The molecule has 3 aromatic rings. The molecule has 0 saturated heterocycles. The van der Waals surface area contributed by atoms with E-state index in [0.717, 1.165) is 53.0 Å². The zero-order chi connectivity index (χ0) is 25.5. The minimum absolute atomic E-state index is 0.0301. The summed E-state index contributed by atoms with van der Waals surface area (Å²) in [6.45, 7) is 5.00. The molecule has 1 saturated carbocycles. The van der Waals surface area contributed by atoms with Gasteiger partial charge in [0.2, 0.25) is 11.7 Å². The SMILES string of the molecule is CCc1cc(-c2noc(-c3cc(OC)nc(C4CCCC4)c3)n2)cc(C)c1OCC(O)CNCCO. The Kier molecular flexibility index (Phi) is 8.90. The van der Waals surface area contributed by atoms with Crippen LogP contribution in [0.4, 0.5) is 0 Å². The van der Waals surface area contributed by atoms with Gasteiger partial charge in [0.25, 0.3) is 5.89 Å². The third kappa shape index (κ3) is 6.21. The number of methoxy groups -OCH3 is 1. The summed E-state index contributed by atoms with van der Waals surface area (Å²) in [6, 6.07) is 7.84. The molecule has 36 heavy (non-hydrogen) atoms. The van der Waals surface area contributed by atoms with Crippen LogP contribution >= 0.6 is 0 Å². The molecule has 1 fully saturated rings. The first kappa shape index (κ1) is 26.1. The molecule has 0 spiro atoms. The Morgan fingerprint density at radius 2 is 1.94 bits per heavy atom. The van der Waals surface area contributed by atoms with Crippen LogP contribution in [-0.4, -0.2) is 64.9 Å². The molecule has 0 bridgehead atoms. The minimum Gasteiger partial charge on any atom is -0.490 e. The van der Waals surface area contributed by atoms with E-state index in [0.29, 0.717) is 36.6 Å². The van der Waals surface area contributed by atoms with Crippen molar-refractivity contribution < 1.29 is 24.2 Å². The fraction of sp³-hybridized carbons (Fsp3) is 0.519. The maximum absolute atomic E-state index is 10.1. The quantitative estimate of drug-likeness (QED) is 0.322. The number of hydrogen-bond acceptors (Lipinski definition) is 9. The van der Waals surface area contributed by atoms with Crippen LogP contribution in [0.25, 0.3) is 22.8 Å². The lowest BCUT2D eigenvalue weighted by atomic mass is 10.0. The van der Waals surface area contributed by atoms with Crippen molar-refractivity contribution in [1.29, 1.82) is 0 Å². The second kappa shape index (κ2) is 12.3. The van der Waals surface area contributed by atoms with Gasteiger partial charge in [-0.1, -0.05) is 24.9 Å². The molecule has 194 valence electrons. The van der Waals surface area contributed by atoms with Crippen molar-refractivity contribution in [1.82, 2.24) is 20.4 Å². The summed E-state index contributed by atoms with van der Waals surface area (Å²) >= 11 is 0. The van der Waals surface area contributed by atoms with Crippen molar-refractivity contribution >= 4 is 0 Å². The van der Waals surface area contributed by atoms with Gasteiger partial charge in [0.1, 0.15) is 18.5 Å². The number of nitrogens with zero attached hydrogens (tertiary/aromatic N) is 3. The van der Waals surface area contributed by atoms with Gasteiger partial charge in [0.05, 0.1) is 13.7 Å². The minimum atomic E-state index is -0.674. The number of aliphatic hydroxyl groups is 2. The summed E-state index contributed by atoms with van der Waals surface area (Å²) in [5, 5.41) is 26.2. The highest BCUT2D eigenvalue weighted by molar-refractivity contribution is 5.64. The lowest BCUT2D eigenvalue weighted by Gasteiger charge is -2.17. The van der Waals surface area contributed by atoms with Gasteiger partial charge in [-0.15, -0.1) is 0 Å². The van der Waals surface area contributed by atoms with Gasteiger partial charge in [-0.2, -0.15) is 4.98 Å². The topological polar surface area (TPSA) is 123 Å². The van der Waals surface area contributed by atoms with Crippen LogP contribution in [0.2, 0.25) is 0 Å². The van der Waals surface area contributed by atoms with E-state index in [1.807, 2.05) is 31.2 Å². The molecule has 1 aliphatic rings. The number of nitrogens with one attached hydrogen (secondary N) is 1. The van der Waals surface area contributed by atoms with E-state index >= 15 is 0 Å². The number of benzene rings is 1. The van der Waals surface area contributed by atoms with Crippen LogP contribution in [0.5, 0.6) is 11.6 Å². The molecule has 9 heteroatoms. The van der Waals surface area contributed by atoms with E-state index in [-0.39, 0.29) is 13.2 Å². The number of rotatable bonds is 12. The first-order valence-electron chi connectivity index (χ1n) is 12.7. The molecule has 2 aromatic heterocycles. The molecular formula is C27H36N4O5. The zero-order valence-electron chi connectivity index (χ0n) is 21.3. The molecule has 1 atom stereocenters. The molecule has 1 aromatic carbocycles. The fourth-order valence-corrected chi connectivity index (χ4v) is 4.67. The average molecular weight is 497 g/mol. The van der Waals surface area contributed by atoms with E-state index in [4.69, 9.17) is 19.1 Å². The normalized spacial score (nSPS) is 14.8. The Balaban J connectivity index is 1.54. The van der Waals surface area contributed by atoms with Crippen molar-refractivity contribution in [3.05, 3.63) is 41.1 Å². The van der Waals surface area contributed by atoms with Gasteiger partial charge in [0, 0.05) is 41.9 Å². The summed E-state index contributed by atoms with van der Waals surface area (Å²) in [4.78, 5) is 9.35. The lowest BCUT2D eigenvalue weighted by molar-refractivity contribution is 0.104. The van der Waals surface area contributed by atoms with E-state index < -0.39 is 6.10 Å². The second-order valence-electron chi connectivity index (χ2n) is 9.26. The van der Waals surface area contributed by atoms with Gasteiger partial charge in [-0.25, -0.2) is 4.98 Å². The average Bonchev–Trinajstić information content (AvgIpc) is 3.60. The first-order chi connectivity index (χ1) is 17.5. The summed E-state index contributed by atoms with van der Waals surface area (Å²) in [5.41, 5.74) is 4.59. The van der Waals surface area contributed by atoms with Crippen LogP contribution in [0, 0.1) is 6.92 Å². The molecule has 1 aliphatic carbocycles. The molecule has 1 unspecified atom stereocenters. The number of pyridine rings is 1. The Bertz CT molecular complexity index is 1140. The van der Waals surface area contributed by atoms with Crippen LogP contribution < -0.4 is 14.8 Å². The van der Waals surface area contributed by atoms with Crippen LogP contribution in [0.15, 0.2) is 28.8 Å². The molecule has 0 amide bonds. The third-order valence-electron chi connectivity index (χ3n) is 6.56. The Hall–Kier alpha value is -3.01. The molecule has 4 rings (SSSR count). The maximum atomic E-state index is 10.1. The molecule has 3 N–H and O–H groups in total. The zero-order valence-corrected chi connectivity index (χ0v) is 21.3. The van der Waals surface area contributed by atoms with E-state index in [1.165, 1.54) is 12.8 Å². The van der Waals surface area contributed by atoms with Crippen LogP contribution in [0.3, 0.4) is 0 Å². The van der Waals surface area contributed by atoms with Crippen molar-refractivity contribution in [3.8, 4) is 34.5 Å². The van der Waals surface area contributed by atoms with Gasteiger partial charge in [-0.3, -0.25) is 0 Å². The largest absolute Gasteiger partial charge is 0.490 e. The Labute approximate surface area is 211 Å². The van der Waals surface area contributed by atoms with Crippen molar-refractivity contribution in [2.75, 3.05) is 33.4 Å². The van der Waals surface area contributed by atoms with Crippen molar-refractivity contribution in [2.24, 2.45) is 0 Å². The van der Waals surface area contributed by atoms with E-state index in [9.17, 15) is 5.11 Å². The molecule has 9 nitrogen and oxygen atoms in total. The highest BCUT2D eigenvalue weighted by Crippen LogP contribution is 2.36. The fourth-order valence-electron chi connectivity index (χ4n) is 4.67. The van der Waals surface area contributed by atoms with Crippen molar-refractivity contribution in [3.63, 3.8) is 0 Å². The Morgan fingerprint density at radius 3 is 2.67 bits per heavy atom. The van der Waals surface area contributed by atoms with Gasteiger partial charge in [0.15, 0.2) is 0 Å². The lowest BCUT2D eigenvalue weighted by Crippen LogP contribution is -2.33. The molecule has 2 heterocycles. The summed E-state index contributed by atoms with van der Waals surface area (Å²) in [7, 11) is 1.62. The van der Waals surface area contributed by atoms with E-state index in [2.05, 4.69) is 27.4 Å². The van der Waals surface area contributed by atoms with Gasteiger partial charge in [-0.05, 0) is 55.5 Å². The maximum Gasteiger partial charge on any atom is 0.258 e. The highest BCUT2D eigenvalue weighted by Gasteiger charge is 2.22. The Morgan fingerprint density at radius 1 is 1.14 bits per heavy atom. The number of aromatic nitrogens is 3. The van der Waals surface area contributed by atoms with Crippen LogP contribution in [-0.2, 0) is 6.42 Å². The molecular weight excluding hydrogens is 460 g/mol. The van der Waals surface area contributed by atoms with Gasteiger partial charge >= 0.3 is 0 Å². The summed E-state index contributed by atoms with van der Waals surface area (Å²) < 4.78 is 17.1. The molecule has 0 aliphatic heterocycles. The predicted octanol–water partition coefficient (Wildman–Crippen LogP) is 3.66. The van der Waals surface area contributed by atoms with Crippen molar-refractivity contribution in [2.45, 2.75) is 58.0 Å². The predicted molar refractivity (Wildman–Crippen MR) is 136 cm³/mol. The molecule has 0 radical (unpaired) electrons. The third-order valence-corrected chi connectivity index (χ3v) is 6.56. The van der Waals surface area contributed by atoms with Gasteiger partial charge < -0.3 is 29.5 Å². The standard InChI is InChI=1S/C27H36N4O5/c1-4-18-12-20(11-17(2)25(18)35-16-22(33)15-28-9-10-32)26-30-27(36-31-26)21-13-23(19-7-5-6-8-19)29-24(14-21)34-3/h11-14,19,22,28,32-33H,4-10,15-16H2,1-3H3. The smallest absolute Gasteiger partial charge is 0.258 e. The number of ether oxygens (including phenoxy) is 2.